The van der Waals surface area contributed by atoms with Gasteiger partial charge < -0.3 is 4.74 Å². The Morgan fingerprint density at radius 1 is 1.00 bits per heavy atom. The van der Waals surface area contributed by atoms with Gasteiger partial charge in [0, 0.05) is 10.4 Å². The second-order valence-electron chi connectivity index (χ2n) is 3.70. The van der Waals surface area contributed by atoms with Gasteiger partial charge in [0.1, 0.15) is 12.4 Å². The van der Waals surface area contributed by atoms with E-state index < -0.39 is 0 Å². The predicted molar refractivity (Wildman–Crippen MR) is 74.5 cm³/mol. The summed E-state index contributed by atoms with van der Waals surface area (Å²) in [5, 5.41) is 0. The Kier molecular flexibility index (Phi) is 4.46. The molecule has 0 bridgehead atoms. The van der Waals surface area contributed by atoms with Gasteiger partial charge in [0.2, 0.25) is 0 Å². The Morgan fingerprint density at radius 3 is 2.47 bits per heavy atom. The van der Waals surface area contributed by atoms with Crippen LogP contribution in [0, 0.1) is 0 Å². The number of hydrogen-bond donors (Lipinski definition) is 0. The number of rotatable bonds is 4. The molecule has 0 saturated carbocycles. The molecule has 0 aliphatic carbocycles. The Labute approximate surface area is 115 Å². The molecule has 0 aliphatic rings. The molecule has 0 aliphatic heterocycles. The normalized spacial score (nSPS) is 10.2. The molecule has 0 fully saturated rings. The van der Waals surface area contributed by atoms with Crippen molar-refractivity contribution in [3.63, 3.8) is 0 Å². The van der Waals surface area contributed by atoms with Crippen LogP contribution in [-0.2, 0) is 12.5 Å². The number of hydrogen-bond acceptors (Lipinski definition) is 1. The van der Waals surface area contributed by atoms with Crippen LogP contribution in [0.3, 0.4) is 0 Å². The van der Waals surface area contributed by atoms with E-state index in [-0.39, 0.29) is 0 Å². The minimum atomic E-state index is 0.509. The molecule has 2 aromatic rings. The van der Waals surface area contributed by atoms with Crippen molar-refractivity contribution in [1.82, 2.24) is 0 Å². The van der Waals surface area contributed by atoms with Crippen molar-refractivity contribution in [2.45, 2.75) is 12.5 Å². The smallest absolute Gasteiger partial charge is 0.120 e. The molecule has 0 unspecified atom stereocenters. The summed E-state index contributed by atoms with van der Waals surface area (Å²) in [5.74, 6) is 1.36. The van der Waals surface area contributed by atoms with Crippen molar-refractivity contribution in [3.05, 3.63) is 64.1 Å². The van der Waals surface area contributed by atoms with Crippen LogP contribution in [0.15, 0.2) is 53.0 Å². The van der Waals surface area contributed by atoms with E-state index in [9.17, 15) is 0 Å². The third-order valence-electron chi connectivity index (χ3n) is 2.37. The summed E-state index contributed by atoms with van der Waals surface area (Å²) in [7, 11) is 0. The average Bonchev–Trinajstić information content (AvgIpc) is 2.38. The second-order valence-corrected chi connectivity index (χ2v) is 4.88. The van der Waals surface area contributed by atoms with Gasteiger partial charge in [0.25, 0.3) is 0 Å². The molecule has 2 aromatic carbocycles. The fraction of sp³-hybridized carbons (Fsp3) is 0.143. The lowest BCUT2D eigenvalue weighted by molar-refractivity contribution is 0.306. The zero-order valence-electron chi connectivity index (χ0n) is 9.20. The van der Waals surface area contributed by atoms with Gasteiger partial charge in [-0.2, -0.15) is 0 Å². The molecule has 3 heteroatoms. The zero-order valence-corrected chi connectivity index (χ0v) is 11.5. The lowest BCUT2D eigenvalue weighted by Crippen LogP contribution is -1.95. The highest BCUT2D eigenvalue weighted by Crippen LogP contribution is 2.17. The highest BCUT2D eigenvalue weighted by Gasteiger charge is 1.97. The Morgan fingerprint density at radius 2 is 1.76 bits per heavy atom. The van der Waals surface area contributed by atoms with Gasteiger partial charge in [0.05, 0.1) is 0 Å². The molecule has 0 heterocycles. The van der Waals surface area contributed by atoms with Crippen molar-refractivity contribution in [2.24, 2.45) is 0 Å². The third kappa shape index (κ3) is 3.76. The molecule has 0 aromatic heterocycles. The molecule has 2 rings (SSSR count). The van der Waals surface area contributed by atoms with Crippen LogP contribution < -0.4 is 4.74 Å². The first-order valence-electron chi connectivity index (χ1n) is 5.30. The maximum atomic E-state index is 5.77. The van der Waals surface area contributed by atoms with Crippen molar-refractivity contribution >= 4 is 27.5 Å². The van der Waals surface area contributed by atoms with E-state index >= 15 is 0 Å². The van der Waals surface area contributed by atoms with Crippen molar-refractivity contribution in [3.8, 4) is 5.75 Å². The summed E-state index contributed by atoms with van der Waals surface area (Å²) in [6, 6.07) is 15.9. The molecular weight excluding hydrogens is 300 g/mol. The van der Waals surface area contributed by atoms with Gasteiger partial charge in [-0.25, -0.2) is 0 Å². The molecule has 0 N–H and O–H groups in total. The maximum absolute atomic E-state index is 5.77. The first-order chi connectivity index (χ1) is 8.28. The summed E-state index contributed by atoms with van der Waals surface area (Å²) >= 11 is 9.18. The van der Waals surface area contributed by atoms with Gasteiger partial charge >= 0.3 is 0 Å². The largest absolute Gasteiger partial charge is 0.489 e. The highest BCUT2D eigenvalue weighted by molar-refractivity contribution is 9.10. The fourth-order valence-corrected chi connectivity index (χ4v) is 1.90. The van der Waals surface area contributed by atoms with Gasteiger partial charge in [0.15, 0.2) is 0 Å². The van der Waals surface area contributed by atoms with Crippen molar-refractivity contribution in [2.75, 3.05) is 0 Å². The molecule has 17 heavy (non-hydrogen) atoms. The second kappa shape index (κ2) is 6.08. The zero-order chi connectivity index (χ0) is 12.1. The summed E-state index contributed by atoms with van der Waals surface area (Å²) in [5.41, 5.74) is 2.21. The third-order valence-corrected chi connectivity index (χ3v) is 3.21. The highest BCUT2D eigenvalue weighted by atomic mass is 79.9. The first-order valence-corrected chi connectivity index (χ1v) is 6.63. The van der Waals surface area contributed by atoms with E-state index in [0.29, 0.717) is 12.5 Å². The number of halogens is 2. The summed E-state index contributed by atoms with van der Waals surface area (Å²) in [6.07, 6.45) is 0. The summed E-state index contributed by atoms with van der Waals surface area (Å²) in [6.45, 7) is 0.568. The number of benzene rings is 2. The molecule has 0 spiro atoms. The quantitative estimate of drug-likeness (QED) is 0.739. The van der Waals surface area contributed by atoms with Crippen molar-refractivity contribution < 1.29 is 4.74 Å². The van der Waals surface area contributed by atoms with E-state index in [4.69, 9.17) is 16.3 Å². The molecule has 0 atom stereocenters. The topological polar surface area (TPSA) is 9.23 Å². The molecule has 88 valence electrons. The van der Waals surface area contributed by atoms with Crippen LogP contribution in [-0.4, -0.2) is 0 Å². The SMILES string of the molecule is ClCc1cccc(OCc2ccc(Br)cc2)c1. The van der Waals surface area contributed by atoms with E-state index in [1.807, 2.05) is 48.5 Å². The molecular formula is C14H12BrClO. The van der Waals surface area contributed by atoms with E-state index in [1.54, 1.807) is 0 Å². The number of alkyl halides is 1. The maximum Gasteiger partial charge on any atom is 0.120 e. The Balaban J connectivity index is 1.99. The van der Waals surface area contributed by atoms with Gasteiger partial charge in [-0.05, 0) is 35.4 Å². The van der Waals surface area contributed by atoms with Crippen LogP contribution in [0.25, 0.3) is 0 Å². The molecule has 1 nitrogen and oxygen atoms in total. The van der Waals surface area contributed by atoms with Crippen LogP contribution in [0.1, 0.15) is 11.1 Å². The monoisotopic (exact) mass is 310 g/mol. The standard InChI is InChI=1S/C14H12BrClO/c15-13-6-4-11(5-7-13)10-17-14-3-1-2-12(8-14)9-16/h1-8H,9-10H2. The van der Waals surface area contributed by atoms with Crippen LogP contribution in [0.5, 0.6) is 5.75 Å². The van der Waals surface area contributed by atoms with Crippen LogP contribution >= 0.6 is 27.5 Å². The lowest BCUT2D eigenvalue weighted by atomic mass is 10.2. The Bertz CT molecular complexity index is 482. The summed E-state index contributed by atoms with van der Waals surface area (Å²) < 4.78 is 6.77. The molecule has 0 radical (unpaired) electrons. The molecule has 0 saturated heterocycles. The van der Waals surface area contributed by atoms with Gasteiger partial charge in [-0.15, -0.1) is 11.6 Å². The molecule has 0 amide bonds. The van der Waals surface area contributed by atoms with E-state index in [1.165, 1.54) is 0 Å². The Hall–Kier alpha value is -0.990. The van der Waals surface area contributed by atoms with Crippen LogP contribution in [0.2, 0.25) is 0 Å². The van der Waals surface area contributed by atoms with E-state index in [2.05, 4.69) is 15.9 Å². The van der Waals surface area contributed by atoms with Gasteiger partial charge in [-0.1, -0.05) is 40.2 Å². The van der Waals surface area contributed by atoms with Gasteiger partial charge in [-0.3, -0.25) is 0 Å². The van der Waals surface area contributed by atoms with Crippen molar-refractivity contribution in [1.29, 1.82) is 0 Å². The first kappa shape index (κ1) is 12.5. The lowest BCUT2D eigenvalue weighted by Gasteiger charge is -2.07. The predicted octanol–water partition coefficient (Wildman–Crippen LogP) is 4.77. The number of ether oxygens (including phenoxy) is 1. The van der Waals surface area contributed by atoms with E-state index in [0.717, 1.165) is 21.3 Å². The van der Waals surface area contributed by atoms with Crippen LogP contribution in [0.4, 0.5) is 0 Å². The summed E-state index contributed by atoms with van der Waals surface area (Å²) in [4.78, 5) is 0. The minimum absolute atomic E-state index is 0.509. The minimum Gasteiger partial charge on any atom is -0.489 e. The average molecular weight is 312 g/mol. The fourth-order valence-electron chi connectivity index (χ4n) is 1.47.